The summed E-state index contributed by atoms with van der Waals surface area (Å²) < 4.78 is 1.92. The molecule has 2 rings (SSSR count). The van der Waals surface area contributed by atoms with E-state index in [1.807, 2.05) is 17.0 Å². The van der Waals surface area contributed by atoms with Crippen molar-refractivity contribution in [2.24, 2.45) is 0 Å². The molecule has 0 radical (unpaired) electrons. The Bertz CT molecular complexity index is 354. The molecule has 0 saturated heterocycles. The highest BCUT2D eigenvalue weighted by molar-refractivity contribution is 5.65. The molecule has 15 heavy (non-hydrogen) atoms. The van der Waals surface area contributed by atoms with Crippen LogP contribution in [0.15, 0.2) is 18.5 Å². The van der Waals surface area contributed by atoms with Crippen LogP contribution in [0.2, 0.25) is 0 Å². The van der Waals surface area contributed by atoms with Crippen molar-refractivity contribution >= 4 is 5.57 Å². The number of allylic oxidation sites excluding steroid dienone is 1. The van der Waals surface area contributed by atoms with Gasteiger partial charge in [0.1, 0.15) is 0 Å². The maximum atomic E-state index is 9.68. The van der Waals surface area contributed by atoms with Crippen molar-refractivity contribution in [1.82, 2.24) is 9.78 Å². The summed E-state index contributed by atoms with van der Waals surface area (Å²) in [5, 5.41) is 13.9. The molecule has 0 saturated carbocycles. The summed E-state index contributed by atoms with van der Waals surface area (Å²) >= 11 is 0. The predicted molar refractivity (Wildman–Crippen MR) is 60.4 cm³/mol. The van der Waals surface area contributed by atoms with Gasteiger partial charge in [0.05, 0.1) is 12.3 Å². The third kappa shape index (κ3) is 2.48. The monoisotopic (exact) mass is 206 g/mol. The zero-order chi connectivity index (χ0) is 10.7. The van der Waals surface area contributed by atoms with Gasteiger partial charge in [-0.3, -0.25) is 4.68 Å². The van der Waals surface area contributed by atoms with Crippen LogP contribution in [0, 0.1) is 0 Å². The Kier molecular flexibility index (Phi) is 3.21. The van der Waals surface area contributed by atoms with E-state index in [0.29, 0.717) is 0 Å². The average molecular weight is 206 g/mol. The van der Waals surface area contributed by atoms with Gasteiger partial charge in [-0.15, -0.1) is 0 Å². The van der Waals surface area contributed by atoms with Gasteiger partial charge in [-0.25, -0.2) is 0 Å². The molecule has 1 heterocycles. The van der Waals surface area contributed by atoms with Gasteiger partial charge in [0.25, 0.3) is 0 Å². The molecule has 0 spiro atoms. The fourth-order valence-corrected chi connectivity index (χ4v) is 2.01. The number of nitrogens with zero attached hydrogens (tertiary/aromatic N) is 2. The molecule has 3 nitrogen and oxygen atoms in total. The normalized spacial score (nSPS) is 22.3. The topological polar surface area (TPSA) is 38.0 Å². The Morgan fingerprint density at radius 3 is 3.13 bits per heavy atom. The minimum Gasteiger partial charge on any atom is -0.389 e. The minimum atomic E-state index is -0.271. The molecule has 1 atom stereocenters. The average Bonchev–Trinajstić information content (AvgIpc) is 2.61. The van der Waals surface area contributed by atoms with E-state index in [9.17, 15) is 5.11 Å². The van der Waals surface area contributed by atoms with Crippen molar-refractivity contribution in [3.05, 3.63) is 24.0 Å². The Morgan fingerprint density at radius 1 is 1.53 bits per heavy atom. The maximum absolute atomic E-state index is 9.68. The molecule has 0 aliphatic heterocycles. The number of aromatic nitrogens is 2. The highest BCUT2D eigenvalue weighted by Crippen LogP contribution is 2.25. The fraction of sp³-hybridized carbons (Fsp3) is 0.583. The van der Waals surface area contributed by atoms with Crippen LogP contribution in [0.4, 0.5) is 0 Å². The molecule has 3 heteroatoms. The lowest BCUT2D eigenvalue weighted by atomic mass is 10.1. The third-order valence-electron chi connectivity index (χ3n) is 2.92. The minimum absolute atomic E-state index is 0.271. The van der Waals surface area contributed by atoms with Crippen molar-refractivity contribution < 1.29 is 5.11 Å². The second kappa shape index (κ2) is 4.62. The van der Waals surface area contributed by atoms with Crippen LogP contribution in [-0.2, 0) is 6.54 Å². The molecule has 0 bridgehead atoms. The molecular formula is C12H18N2O. The molecule has 1 unspecified atom stereocenters. The van der Waals surface area contributed by atoms with Crippen LogP contribution in [0.1, 0.15) is 38.2 Å². The smallest absolute Gasteiger partial charge is 0.0726 e. The molecule has 1 aromatic heterocycles. The summed E-state index contributed by atoms with van der Waals surface area (Å²) in [5.74, 6) is 0. The van der Waals surface area contributed by atoms with Crippen molar-refractivity contribution in [3.8, 4) is 0 Å². The maximum Gasteiger partial charge on any atom is 0.0726 e. The molecule has 82 valence electrons. The van der Waals surface area contributed by atoms with Gasteiger partial charge in [0, 0.05) is 18.3 Å². The summed E-state index contributed by atoms with van der Waals surface area (Å²) in [6, 6.07) is 0. The molecular weight excluding hydrogens is 188 g/mol. The van der Waals surface area contributed by atoms with E-state index in [4.69, 9.17) is 0 Å². The Labute approximate surface area is 90.4 Å². The van der Waals surface area contributed by atoms with Crippen molar-refractivity contribution in [3.63, 3.8) is 0 Å². The highest BCUT2D eigenvalue weighted by atomic mass is 16.3. The SMILES string of the molecule is CCn1cc(C2=CC(O)CCCC2)cn1. The molecule has 1 aromatic rings. The Hall–Kier alpha value is -1.09. The van der Waals surface area contributed by atoms with E-state index in [2.05, 4.69) is 18.2 Å². The molecule has 0 amide bonds. The van der Waals surface area contributed by atoms with Crippen LogP contribution >= 0.6 is 0 Å². The van der Waals surface area contributed by atoms with E-state index in [1.165, 1.54) is 12.0 Å². The Balaban J connectivity index is 2.20. The van der Waals surface area contributed by atoms with Gasteiger partial charge in [-0.05, 0) is 31.8 Å². The van der Waals surface area contributed by atoms with Gasteiger partial charge in [0.15, 0.2) is 0 Å². The predicted octanol–water partition coefficient (Wildman–Crippen LogP) is 2.22. The number of aliphatic hydroxyl groups is 1. The van der Waals surface area contributed by atoms with E-state index >= 15 is 0 Å². The van der Waals surface area contributed by atoms with Gasteiger partial charge < -0.3 is 5.11 Å². The lowest BCUT2D eigenvalue weighted by Gasteiger charge is -2.02. The molecule has 1 aliphatic rings. The first-order chi connectivity index (χ1) is 7.29. The fourth-order valence-electron chi connectivity index (χ4n) is 2.01. The summed E-state index contributed by atoms with van der Waals surface area (Å²) in [5.41, 5.74) is 2.41. The zero-order valence-electron chi connectivity index (χ0n) is 9.19. The van der Waals surface area contributed by atoms with E-state index in [0.717, 1.165) is 31.4 Å². The van der Waals surface area contributed by atoms with Gasteiger partial charge in [-0.1, -0.05) is 12.5 Å². The number of hydrogen-bond donors (Lipinski definition) is 1. The summed E-state index contributed by atoms with van der Waals surface area (Å²) in [7, 11) is 0. The van der Waals surface area contributed by atoms with Gasteiger partial charge in [0.2, 0.25) is 0 Å². The summed E-state index contributed by atoms with van der Waals surface area (Å²) in [4.78, 5) is 0. The zero-order valence-corrected chi connectivity index (χ0v) is 9.19. The van der Waals surface area contributed by atoms with Crippen molar-refractivity contribution in [2.45, 2.75) is 45.3 Å². The first-order valence-electron chi connectivity index (χ1n) is 5.71. The molecule has 1 N–H and O–H groups in total. The van der Waals surface area contributed by atoms with Crippen LogP contribution in [0.25, 0.3) is 5.57 Å². The van der Waals surface area contributed by atoms with E-state index in [1.54, 1.807) is 0 Å². The largest absolute Gasteiger partial charge is 0.389 e. The molecule has 0 aromatic carbocycles. The lowest BCUT2D eigenvalue weighted by Crippen LogP contribution is -1.99. The lowest BCUT2D eigenvalue weighted by molar-refractivity contribution is 0.211. The second-order valence-electron chi connectivity index (χ2n) is 4.09. The van der Waals surface area contributed by atoms with Gasteiger partial charge >= 0.3 is 0 Å². The van der Waals surface area contributed by atoms with Gasteiger partial charge in [-0.2, -0.15) is 5.10 Å². The standard InChI is InChI=1S/C12H18N2O/c1-2-14-9-11(8-13-14)10-5-3-4-6-12(15)7-10/h7-9,12,15H,2-6H2,1H3. The van der Waals surface area contributed by atoms with Crippen LogP contribution < -0.4 is 0 Å². The van der Waals surface area contributed by atoms with Crippen molar-refractivity contribution in [2.75, 3.05) is 0 Å². The number of aliphatic hydroxyl groups excluding tert-OH is 1. The van der Waals surface area contributed by atoms with E-state index in [-0.39, 0.29) is 6.10 Å². The first-order valence-corrected chi connectivity index (χ1v) is 5.71. The third-order valence-corrected chi connectivity index (χ3v) is 2.92. The van der Waals surface area contributed by atoms with Crippen LogP contribution in [0.5, 0.6) is 0 Å². The highest BCUT2D eigenvalue weighted by Gasteiger charge is 2.11. The number of rotatable bonds is 2. The quantitative estimate of drug-likeness (QED) is 0.805. The van der Waals surface area contributed by atoms with Crippen LogP contribution in [0.3, 0.4) is 0 Å². The molecule has 1 aliphatic carbocycles. The number of aryl methyl sites for hydroxylation is 1. The number of hydrogen-bond acceptors (Lipinski definition) is 2. The van der Waals surface area contributed by atoms with Crippen LogP contribution in [-0.4, -0.2) is 21.0 Å². The Morgan fingerprint density at radius 2 is 2.40 bits per heavy atom. The summed E-state index contributed by atoms with van der Waals surface area (Å²) in [6.45, 7) is 2.98. The second-order valence-corrected chi connectivity index (χ2v) is 4.09. The van der Waals surface area contributed by atoms with Crippen molar-refractivity contribution in [1.29, 1.82) is 0 Å². The summed E-state index contributed by atoms with van der Waals surface area (Å²) in [6.07, 6.45) is 9.91. The first kappa shape index (κ1) is 10.4. The molecule has 0 fully saturated rings. The van der Waals surface area contributed by atoms with E-state index < -0.39 is 0 Å².